The summed E-state index contributed by atoms with van der Waals surface area (Å²) in [5.74, 6) is -0.499. The second kappa shape index (κ2) is 7.46. The molecular formula is C20H14FN3OS2. The number of thioether (sulfide) groups is 1. The van der Waals surface area contributed by atoms with Gasteiger partial charge in [0.05, 0.1) is 10.6 Å². The van der Waals surface area contributed by atoms with E-state index in [1.54, 1.807) is 25.3 Å². The zero-order valence-corrected chi connectivity index (χ0v) is 15.9. The maximum Gasteiger partial charge on any atom is 0.266 e. The number of carbonyl (C=O) groups excluding carboxylic acids is 1. The van der Waals surface area contributed by atoms with Gasteiger partial charge in [0.1, 0.15) is 5.82 Å². The first-order valence-corrected chi connectivity index (χ1v) is 9.82. The first-order valence-electron chi connectivity index (χ1n) is 8.13. The van der Waals surface area contributed by atoms with Crippen LogP contribution in [0.5, 0.6) is 0 Å². The number of nitrogens with zero attached hydrogens (tertiary/aromatic N) is 3. The molecule has 1 saturated heterocycles. The number of carbonyl (C=O) groups is 1. The molecule has 0 unspecified atom stereocenters. The number of hydrogen-bond acceptors (Lipinski definition) is 5. The molecule has 1 aliphatic rings. The SMILES string of the molecule is CN1C(=O)/C(=C/c2cccc(F)c2)S/C1=N/c1nc(-c2ccccc2)cs1. The molecule has 134 valence electrons. The van der Waals surface area contributed by atoms with Gasteiger partial charge < -0.3 is 0 Å². The number of benzene rings is 2. The van der Waals surface area contributed by atoms with Crippen LogP contribution in [0, 0.1) is 5.82 Å². The monoisotopic (exact) mass is 395 g/mol. The molecule has 7 heteroatoms. The Kier molecular flexibility index (Phi) is 4.87. The van der Waals surface area contributed by atoms with E-state index >= 15 is 0 Å². The number of amides is 1. The van der Waals surface area contributed by atoms with Crippen molar-refractivity contribution in [3.63, 3.8) is 0 Å². The molecule has 0 spiro atoms. The second-order valence-electron chi connectivity index (χ2n) is 5.81. The van der Waals surface area contributed by atoms with Crippen molar-refractivity contribution in [3.05, 3.63) is 76.3 Å². The summed E-state index contributed by atoms with van der Waals surface area (Å²) in [4.78, 5) is 23.5. The number of hydrogen-bond donors (Lipinski definition) is 0. The van der Waals surface area contributed by atoms with Gasteiger partial charge in [0, 0.05) is 18.0 Å². The summed E-state index contributed by atoms with van der Waals surface area (Å²) in [7, 11) is 1.67. The lowest BCUT2D eigenvalue weighted by molar-refractivity contribution is -0.121. The lowest BCUT2D eigenvalue weighted by Gasteiger charge is -2.05. The molecule has 0 bridgehead atoms. The van der Waals surface area contributed by atoms with Crippen LogP contribution in [0.15, 0.2) is 69.9 Å². The normalized spacial score (nSPS) is 17.3. The molecule has 3 aromatic rings. The van der Waals surface area contributed by atoms with Crippen molar-refractivity contribution in [1.82, 2.24) is 9.88 Å². The lowest BCUT2D eigenvalue weighted by atomic mass is 10.2. The largest absolute Gasteiger partial charge is 0.289 e. The Bertz CT molecular complexity index is 1060. The van der Waals surface area contributed by atoms with Gasteiger partial charge in [-0.15, -0.1) is 11.3 Å². The standard InChI is InChI=1S/C20H14FN3OS2/c1-24-18(25)17(11-13-6-5-9-15(21)10-13)27-20(24)23-19-22-16(12-26-19)14-7-3-2-4-8-14/h2-12H,1H3/b17-11-,23-20+. The highest BCUT2D eigenvalue weighted by molar-refractivity contribution is 8.18. The third kappa shape index (κ3) is 3.84. The number of halogens is 1. The summed E-state index contributed by atoms with van der Waals surface area (Å²) in [6.45, 7) is 0. The molecular weight excluding hydrogens is 381 g/mol. The predicted molar refractivity (Wildman–Crippen MR) is 109 cm³/mol. The van der Waals surface area contributed by atoms with Crippen LogP contribution in [0.2, 0.25) is 0 Å². The van der Waals surface area contributed by atoms with Gasteiger partial charge in [-0.3, -0.25) is 9.69 Å². The Morgan fingerprint density at radius 1 is 1.15 bits per heavy atom. The number of likely N-dealkylation sites (N-methyl/N-ethyl adjacent to an activating group) is 1. The van der Waals surface area contributed by atoms with Crippen LogP contribution in [-0.2, 0) is 4.79 Å². The molecule has 0 saturated carbocycles. The maximum atomic E-state index is 13.4. The molecule has 2 heterocycles. The number of rotatable bonds is 3. The average molecular weight is 395 g/mol. The van der Waals surface area contributed by atoms with Crippen molar-refractivity contribution in [2.24, 2.45) is 4.99 Å². The van der Waals surface area contributed by atoms with Crippen molar-refractivity contribution in [3.8, 4) is 11.3 Å². The third-order valence-corrected chi connectivity index (χ3v) is 5.70. The number of aromatic nitrogens is 1. The Morgan fingerprint density at radius 3 is 2.74 bits per heavy atom. The highest BCUT2D eigenvalue weighted by Crippen LogP contribution is 2.34. The first kappa shape index (κ1) is 17.6. The van der Waals surface area contributed by atoms with Gasteiger partial charge in [0.2, 0.25) is 5.13 Å². The van der Waals surface area contributed by atoms with E-state index in [1.165, 1.54) is 40.1 Å². The van der Waals surface area contributed by atoms with Crippen LogP contribution >= 0.6 is 23.1 Å². The van der Waals surface area contributed by atoms with Gasteiger partial charge >= 0.3 is 0 Å². The van der Waals surface area contributed by atoms with E-state index in [2.05, 4.69) is 9.98 Å². The molecule has 2 aromatic carbocycles. The summed E-state index contributed by atoms with van der Waals surface area (Å²) in [5.41, 5.74) is 2.52. The van der Waals surface area contributed by atoms with Crippen molar-refractivity contribution in [1.29, 1.82) is 0 Å². The van der Waals surface area contributed by atoms with E-state index < -0.39 is 0 Å². The Balaban J connectivity index is 1.59. The van der Waals surface area contributed by atoms with E-state index in [-0.39, 0.29) is 11.7 Å². The number of thiazole rings is 1. The van der Waals surface area contributed by atoms with Gasteiger partial charge in [0.25, 0.3) is 5.91 Å². The van der Waals surface area contributed by atoms with E-state index in [0.29, 0.717) is 20.8 Å². The van der Waals surface area contributed by atoms with Crippen molar-refractivity contribution < 1.29 is 9.18 Å². The van der Waals surface area contributed by atoms with Crippen molar-refractivity contribution in [2.75, 3.05) is 7.05 Å². The Hall–Kier alpha value is -2.77. The molecule has 0 radical (unpaired) electrons. The highest BCUT2D eigenvalue weighted by atomic mass is 32.2. The molecule has 27 heavy (non-hydrogen) atoms. The minimum atomic E-state index is -0.335. The van der Waals surface area contributed by atoms with Crippen LogP contribution in [-0.4, -0.2) is 28.0 Å². The van der Waals surface area contributed by atoms with Crippen LogP contribution < -0.4 is 0 Å². The molecule has 1 amide bonds. The molecule has 4 nitrogen and oxygen atoms in total. The molecule has 1 aliphatic heterocycles. The van der Waals surface area contributed by atoms with E-state index in [9.17, 15) is 9.18 Å². The minimum absolute atomic E-state index is 0.164. The van der Waals surface area contributed by atoms with Gasteiger partial charge in [-0.1, -0.05) is 42.5 Å². The molecule has 0 aliphatic carbocycles. The zero-order chi connectivity index (χ0) is 18.8. The van der Waals surface area contributed by atoms with Crippen molar-refractivity contribution >= 4 is 45.4 Å². The summed E-state index contributed by atoms with van der Waals surface area (Å²) in [5, 5.41) is 3.08. The average Bonchev–Trinajstić information content (AvgIpc) is 3.24. The quantitative estimate of drug-likeness (QED) is 0.574. The van der Waals surface area contributed by atoms with E-state index in [4.69, 9.17) is 0 Å². The fraction of sp³-hybridized carbons (Fsp3) is 0.0500. The smallest absolute Gasteiger partial charge is 0.266 e. The first-order chi connectivity index (χ1) is 13.1. The Labute approximate surface area is 164 Å². The summed E-state index contributed by atoms with van der Waals surface area (Å²) >= 11 is 2.68. The van der Waals surface area contributed by atoms with Gasteiger partial charge in [-0.2, -0.15) is 4.99 Å². The fourth-order valence-electron chi connectivity index (χ4n) is 2.54. The third-order valence-electron chi connectivity index (χ3n) is 3.90. The van der Waals surface area contributed by atoms with Crippen LogP contribution in [0.1, 0.15) is 5.56 Å². The second-order valence-corrected chi connectivity index (χ2v) is 7.65. The predicted octanol–water partition coefficient (Wildman–Crippen LogP) is 5.18. The van der Waals surface area contributed by atoms with E-state index in [1.807, 2.05) is 35.7 Å². The topological polar surface area (TPSA) is 45.6 Å². The Morgan fingerprint density at radius 2 is 1.96 bits per heavy atom. The van der Waals surface area contributed by atoms with Crippen LogP contribution in [0.3, 0.4) is 0 Å². The molecule has 1 fully saturated rings. The highest BCUT2D eigenvalue weighted by Gasteiger charge is 2.30. The lowest BCUT2D eigenvalue weighted by Crippen LogP contribution is -2.23. The molecule has 4 rings (SSSR count). The molecule has 1 aromatic heterocycles. The van der Waals surface area contributed by atoms with Crippen LogP contribution in [0.4, 0.5) is 9.52 Å². The minimum Gasteiger partial charge on any atom is -0.289 e. The number of aliphatic imine (C=N–C) groups is 1. The summed E-state index contributed by atoms with van der Waals surface area (Å²) < 4.78 is 13.4. The van der Waals surface area contributed by atoms with Gasteiger partial charge in [0.15, 0.2) is 5.17 Å². The zero-order valence-electron chi connectivity index (χ0n) is 14.3. The molecule has 0 atom stereocenters. The van der Waals surface area contributed by atoms with Gasteiger partial charge in [-0.05, 0) is 35.5 Å². The van der Waals surface area contributed by atoms with E-state index in [0.717, 1.165) is 11.3 Å². The summed E-state index contributed by atoms with van der Waals surface area (Å²) in [6, 6.07) is 16.0. The fourth-order valence-corrected chi connectivity index (χ4v) is 4.26. The van der Waals surface area contributed by atoms with Crippen molar-refractivity contribution in [2.45, 2.75) is 0 Å². The van der Waals surface area contributed by atoms with Gasteiger partial charge in [-0.25, -0.2) is 9.37 Å². The number of amidine groups is 1. The van der Waals surface area contributed by atoms with Crippen LogP contribution in [0.25, 0.3) is 17.3 Å². The summed E-state index contributed by atoms with van der Waals surface area (Å²) in [6.07, 6.45) is 1.67. The maximum absolute atomic E-state index is 13.4. The molecule has 0 N–H and O–H groups in total.